The number of aliphatic hydroxyl groups is 4. The fourth-order valence-electron chi connectivity index (χ4n) is 4.62. The summed E-state index contributed by atoms with van der Waals surface area (Å²) in [6.45, 7) is 1.23. The lowest BCUT2D eigenvalue weighted by Crippen LogP contribution is -2.46. The Kier molecular flexibility index (Phi) is 16.0. The van der Waals surface area contributed by atoms with Crippen molar-refractivity contribution in [3.63, 3.8) is 0 Å². The number of phosphoric acid groups is 3. The molecule has 312 valence electrons. The summed E-state index contributed by atoms with van der Waals surface area (Å²) in [5.41, 5.74) is 4.20. The largest absolute Gasteiger partial charge is 0.481 e. The van der Waals surface area contributed by atoms with Gasteiger partial charge < -0.3 is 61.1 Å². The highest BCUT2D eigenvalue weighted by atomic mass is 32.2. The number of nitrogens with two attached hydrogens (primary N) is 1. The van der Waals surface area contributed by atoms with Crippen molar-refractivity contribution in [2.75, 3.05) is 37.8 Å². The van der Waals surface area contributed by atoms with Crippen molar-refractivity contribution in [1.82, 2.24) is 30.2 Å². The van der Waals surface area contributed by atoms with Crippen LogP contribution in [0.1, 0.15) is 39.8 Å². The van der Waals surface area contributed by atoms with Crippen LogP contribution in [-0.4, -0.2) is 139 Å². The maximum Gasteiger partial charge on any atom is 0.481 e. The summed E-state index contributed by atoms with van der Waals surface area (Å²) in [4.78, 5) is 86.9. The molecule has 0 aromatic carbocycles. The number of fused-ring (bicyclic) bond motifs is 1. The van der Waals surface area contributed by atoms with E-state index in [4.69, 9.17) is 19.5 Å². The molecule has 55 heavy (non-hydrogen) atoms. The van der Waals surface area contributed by atoms with Crippen molar-refractivity contribution < 1.29 is 90.7 Å². The second-order valence-corrected chi connectivity index (χ2v) is 18.1. The van der Waals surface area contributed by atoms with Crippen LogP contribution in [0.2, 0.25) is 0 Å². The Bertz CT molecular complexity index is 1820. The number of nitrogen functional groups attached to an aromatic ring is 1. The Morgan fingerprint density at radius 3 is 2.33 bits per heavy atom. The summed E-state index contributed by atoms with van der Waals surface area (Å²) in [6.07, 6.45) is -7.60. The van der Waals surface area contributed by atoms with Gasteiger partial charge >= 0.3 is 23.5 Å². The molecule has 7 atom stereocenters. The summed E-state index contributed by atoms with van der Waals surface area (Å²) in [7, 11) is -16.4. The maximum atomic E-state index is 12.6. The van der Waals surface area contributed by atoms with Crippen LogP contribution >= 0.6 is 35.2 Å². The summed E-state index contributed by atoms with van der Waals surface area (Å²) in [5.74, 6) is -3.61. The Balaban J connectivity index is 1.50. The van der Waals surface area contributed by atoms with Gasteiger partial charge in [0.1, 0.15) is 36.3 Å². The van der Waals surface area contributed by atoms with E-state index in [1.54, 1.807) is 0 Å². The molecule has 1 aliphatic rings. The molecule has 2 aromatic heterocycles. The second-order valence-electron chi connectivity index (χ2n) is 12.7. The van der Waals surface area contributed by atoms with Gasteiger partial charge in [0.15, 0.2) is 28.6 Å². The van der Waals surface area contributed by atoms with Crippen LogP contribution in [0.15, 0.2) is 12.7 Å². The molecule has 30 heteroatoms. The van der Waals surface area contributed by atoms with Gasteiger partial charge in [-0.25, -0.2) is 28.6 Å². The third-order valence-electron chi connectivity index (χ3n) is 7.24. The first-order chi connectivity index (χ1) is 25.2. The minimum atomic E-state index is -5.59. The van der Waals surface area contributed by atoms with Crippen molar-refractivity contribution in [3.8, 4) is 0 Å². The van der Waals surface area contributed by atoms with E-state index in [2.05, 4.69) is 34.4 Å². The first kappa shape index (κ1) is 46.9. The minimum Gasteiger partial charge on any atom is -0.386 e. The third-order valence-corrected chi connectivity index (χ3v) is 11.2. The molecule has 0 bridgehead atoms. The van der Waals surface area contributed by atoms with Crippen LogP contribution < -0.4 is 16.4 Å². The van der Waals surface area contributed by atoms with Gasteiger partial charge in [-0.15, -0.1) is 0 Å². The van der Waals surface area contributed by atoms with E-state index in [0.717, 1.165) is 35.9 Å². The fraction of sp³-hybridized carbons (Fsp3) is 0.680. The number of carbonyl (C=O) groups is 3. The first-order valence-corrected chi connectivity index (χ1v) is 21.2. The molecule has 26 nitrogen and oxygen atoms in total. The molecule has 3 unspecified atom stereocenters. The van der Waals surface area contributed by atoms with Gasteiger partial charge in [-0.1, -0.05) is 25.6 Å². The molecule has 0 spiro atoms. The van der Waals surface area contributed by atoms with Crippen molar-refractivity contribution in [1.29, 1.82) is 0 Å². The van der Waals surface area contributed by atoms with Gasteiger partial charge in [-0.2, -0.15) is 4.31 Å². The Morgan fingerprint density at radius 2 is 1.69 bits per heavy atom. The number of aromatic nitrogens is 4. The fourth-order valence-corrected chi connectivity index (χ4v) is 8.26. The first-order valence-electron chi connectivity index (χ1n) is 15.7. The van der Waals surface area contributed by atoms with E-state index in [-0.39, 0.29) is 42.2 Å². The summed E-state index contributed by atoms with van der Waals surface area (Å²) >= 11 is 0.777. The molecule has 3 rings (SSSR count). The molecule has 2 aromatic rings. The smallest absolute Gasteiger partial charge is 0.386 e. The van der Waals surface area contributed by atoms with E-state index in [1.165, 1.54) is 13.8 Å². The average Bonchev–Trinajstić information content (AvgIpc) is 3.60. The van der Waals surface area contributed by atoms with Gasteiger partial charge in [-0.3, -0.25) is 32.5 Å². The van der Waals surface area contributed by atoms with Crippen molar-refractivity contribution in [2.24, 2.45) is 5.41 Å². The topological polar surface area (TPSA) is 404 Å². The minimum absolute atomic E-state index is 0.0201. The Hall–Kier alpha value is -2.52. The van der Waals surface area contributed by atoms with Crippen molar-refractivity contribution >= 4 is 69.1 Å². The highest BCUT2D eigenvalue weighted by Crippen LogP contribution is 2.61. The number of hydrogen-bond acceptors (Lipinski definition) is 20. The number of amides is 2. The van der Waals surface area contributed by atoms with Gasteiger partial charge in [0.25, 0.3) is 0 Å². The monoisotopic (exact) mass is 869 g/mol. The zero-order valence-corrected chi connectivity index (χ0v) is 32.7. The average molecular weight is 870 g/mol. The summed E-state index contributed by atoms with van der Waals surface area (Å²) in [5, 5.41) is 44.1. The number of nitrogens with zero attached hydrogens (tertiary/aromatic N) is 4. The van der Waals surface area contributed by atoms with Crippen LogP contribution in [0.4, 0.5) is 5.82 Å². The van der Waals surface area contributed by atoms with Gasteiger partial charge in [0.2, 0.25) is 11.8 Å². The SMILES string of the molecule is CC(O)(O)CC(=O)SCCNC(=O)CCNC(=O)C(O)C(C)(C)COP(=O)(O)OP(=O)(O)OC[C@H]1O[C@@H](n2cnc3c(N)ncnc32)[C@H](O)[C@@H]1OP(=O)(O)O. The van der Waals surface area contributed by atoms with Gasteiger partial charge in [-0.05, 0) is 6.92 Å². The number of aliphatic hydroxyl groups excluding tert-OH is 2. The normalized spacial score (nSPS) is 22.2. The van der Waals surface area contributed by atoms with E-state index < -0.39 is 102 Å². The second kappa shape index (κ2) is 18.8. The predicted molar refractivity (Wildman–Crippen MR) is 185 cm³/mol. The standard InChI is InChI=1S/C25H42N7O19P3S/c1-24(2,19(36)22(37)28-5-4-14(33)27-6-7-55-15(34)8-25(3,38)39)10-48-54(45,46)51-53(43,44)47-9-13-18(50-52(40,41)42)17(35)23(49-13)32-12-31-16-20(26)29-11-30-21(16)32/h11-13,17-19,23,35-36,38-39H,4-10H2,1-3H3,(H,27,33)(H,28,37)(H,43,44)(H,45,46)(H2,26,29,30)(H2,40,41,42)/t13-,17-,18-,19?,23-/m1/s1. The number of ether oxygens (including phenoxy) is 1. The lowest BCUT2D eigenvalue weighted by molar-refractivity contribution is -0.155. The number of imidazole rings is 1. The zero-order valence-electron chi connectivity index (χ0n) is 29.2. The summed E-state index contributed by atoms with van der Waals surface area (Å²) in [6, 6.07) is 0. The predicted octanol–water partition coefficient (Wildman–Crippen LogP) is -2.24. The number of carbonyl (C=O) groups excluding carboxylic acids is 3. The number of thioether (sulfide) groups is 1. The highest BCUT2D eigenvalue weighted by Gasteiger charge is 2.50. The van der Waals surface area contributed by atoms with Crippen LogP contribution in [0, 0.1) is 5.41 Å². The molecule has 2 amide bonds. The van der Waals surface area contributed by atoms with Crippen LogP contribution in [0.5, 0.6) is 0 Å². The molecular formula is C25H42N7O19P3S. The van der Waals surface area contributed by atoms with E-state index in [0.29, 0.717) is 0 Å². The molecule has 0 saturated carbocycles. The molecule has 3 heterocycles. The molecule has 1 aliphatic heterocycles. The van der Waals surface area contributed by atoms with E-state index >= 15 is 0 Å². The molecule has 1 fully saturated rings. The van der Waals surface area contributed by atoms with Crippen LogP contribution in [0.25, 0.3) is 11.2 Å². The summed E-state index contributed by atoms with van der Waals surface area (Å²) < 4.78 is 61.9. The maximum absolute atomic E-state index is 12.6. The highest BCUT2D eigenvalue weighted by molar-refractivity contribution is 8.13. The molecule has 0 aliphatic carbocycles. The number of phosphoric ester groups is 3. The molecule has 0 radical (unpaired) electrons. The van der Waals surface area contributed by atoms with Crippen molar-refractivity contribution in [3.05, 3.63) is 12.7 Å². The lowest BCUT2D eigenvalue weighted by Gasteiger charge is -2.30. The Labute approximate surface area is 315 Å². The quantitative estimate of drug-likeness (QED) is 0.0359. The van der Waals surface area contributed by atoms with Crippen LogP contribution in [0.3, 0.4) is 0 Å². The molecule has 1 saturated heterocycles. The van der Waals surface area contributed by atoms with E-state index in [1.807, 2.05) is 0 Å². The van der Waals surface area contributed by atoms with Gasteiger partial charge in [0.05, 0.1) is 26.0 Å². The molecule has 12 N–H and O–H groups in total. The number of hydrogen-bond donors (Lipinski definition) is 11. The number of rotatable bonds is 21. The van der Waals surface area contributed by atoms with E-state index in [9.17, 15) is 68.1 Å². The lowest BCUT2D eigenvalue weighted by atomic mass is 9.87. The molecular weight excluding hydrogens is 827 g/mol. The number of anilines is 1. The number of nitrogens with one attached hydrogen (secondary N) is 2. The van der Waals surface area contributed by atoms with Crippen LogP contribution in [-0.2, 0) is 50.7 Å². The zero-order chi connectivity index (χ0) is 41.6. The van der Waals surface area contributed by atoms with Gasteiger partial charge in [0, 0.05) is 30.7 Å². The van der Waals surface area contributed by atoms with Crippen molar-refractivity contribution in [2.45, 2.75) is 70.0 Å². The third kappa shape index (κ3) is 14.7. The Morgan fingerprint density at radius 1 is 1.04 bits per heavy atom.